The molecule has 0 aliphatic rings. The standard InChI is InChI=1S/H3O4P.H/c1-5(2,3)4;/h(H3,1,2,3,4);/i;1+1. The number of hydrogen-bond acceptors (Lipinski definition) is 1. The van der Waals surface area contributed by atoms with E-state index in [1.807, 2.05) is 0 Å². The van der Waals surface area contributed by atoms with E-state index in [9.17, 15) is 0 Å². The largest absolute Gasteiger partial charge is 0.466 e. The third kappa shape index (κ3) is 1510. The smallest absolute Gasteiger partial charge is 0.303 e. The Kier molecular flexibility index (Phi) is 1.09. The maximum absolute atomic E-state index is 8.88. The van der Waals surface area contributed by atoms with E-state index in [0.29, 0.717) is 0 Å². The van der Waals surface area contributed by atoms with E-state index in [1.165, 1.54) is 0 Å². The topological polar surface area (TPSA) is 77.8 Å². The molecule has 0 saturated carbocycles. The second-order valence-corrected chi connectivity index (χ2v) is 1.54. The summed E-state index contributed by atoms with van der Waals surface area (Å²) in [6, 6.07) is 0. The molecule has 5 heavy (non-hydrogen) atoms. The van der Waals surface area contributed by atoms with Gasteiger partial charge in [0.25, 0.3) is 0 Å². The summed E-state index contributed by atoms with van der Waals surface area (Å²) in [6.07, 6.45) is 0. The molecule has 4 nitrogen and oxygen atoms in total. The van der Waals surface area contributed by atoms with Gasteiger partial charge in [-0.25, -0.2) is 4.57 Å². The maximum atomic E-state index is 8.88. The predicted octanol–water partition coefficient (Wildman–Crippen LogP) is -0.816. The van der Waals surface area contributed by atoms with Gasteiger partial charge in [0, 0.05) is 1.43 Å². The first kappa shape index (κ1) is 5.11. The minimum absolute atomic E-state index is 0. The average Bonchev–Trinajstić information content (AvgIpc) is 0.722. The first-order valence-corrected chi connectivity index (χ1v) is 2.35. The first-order valence-electron chi connectivity index (χ1n) is 0.783. The molecule has 1 radical (unpaired) electrons. The van der Waals surface area contributed by atoms with Crippen molar-refractivity contribution in [3.8, 4) is 0 Å². The van der Waals surface area contributed by atoms with Crippen molar-refractivity contribution < 1.29 is 20.7 Å². The number of rotatable bonds is 0. The highest BCUT2D eigenvalue weighted by molar-refractivity contribution is 7.45. The van der Waals surface area contributed by atoms with Gasteiger partial charge < -0.3 is 14.7 Å². The van der Waals surface area contributed by atoms with Crippen LogP contribution >= 0.6 is 7.82 Å². The molecular weight excluding hydrogens is 95.0 g/mol. The van der Waals surface area contributed by atoms with Gasteiger partial charge in [0.1, 0.15) is 0 Å². The van der Waals surface area contributed by atoms with Gasteiger partial charge in [0.15, 0.2) is 0 Å². The van der Waals surface area contributed by atoms with Gasteiger partial charge in [-0.1, -0.05) is 0 Å². The van der Waals surface area contributed by atoms with Crippen LogP contribution in [0, 0.1) is 0 Å². The Hall–Kier alpha value is 0.110. The molecule has 0 atom stereocenters. The lowest BCUT2D eigenvalue weighted by Gasteiger charge is -1.82. The van der Waals surface area contributed by atoms with E-state index in [2.05, 4.69) is 0 Å². The Bertz CT molecular complexity index is 53.7. The Morgan fingerprint density at radius 1 is 1.40 bits per heavy atom. The van der Waals surface area contributed by atoms with Crippen molar-refractivity contribution >= 4 is 7.82 Å². The molecule has 0 aromatic heterocycles. The van der Waals surface area contributed by atoms with Crippen LogP contribution in [0.5, 0.6) is 0 Å². The minimum atomic E-state index is -4.64. The van der Waals surface area contributed by atoms with E-state index >= 15 is 0 Å². The molecule has 0 aromatic rings. The first-order chi connectivity index (χ1) is 2.00. The van der Waals surface area contributed by atoms with Gasteiger partial charge in [-0.05, 0) is 0 Å². The lowest BCUT2D eigenvalue weighted by molar-refractivity contribution is 0.275. The second-order valence-electron chi connectivity index (χ2n) is 0.513. The lowest BCUT2D eigenvalue weighted by Crippen LogP contribution is -1.66. The molecule has 0 unspecified atom stereocenters. The Morgan fingerprint density at radius 2 is 1.40 bits per heavy atom. The third-order valence-corrected chi connectivity index (χ3v) is 0. The van der Waals surface area contributed by atoms with Gasteiger partial charge in [0.2, 0.25) is 0 Å². The molecule has 0 bridgehead atoms. The second kappa shape index (κ2) is 1.06. The van der Waals surface area contributed by atoms with Gasteiger partial charge in [-0.2, -0.15) is 0 Å². The molecule has 0 aliphatic carbocycles. The molecule has 0 fully saturated rings. The Labute approximate surface area is 29.8 Å². The fourth-order valence-corrected chi connectivity index (χ4v) is 0. The zero-order valence-electron chi connectivity index (χ0n) is 3.20. The van der Waals surface area contributed by atoms with Crippen LogP contribution in [0.3, 0.4) is 0 Å². The van der Waals surface area contributed by atoms with Crippen molar-refractivity contribution in [1.29, 1.82) is 0 Å². The van der Waals surface area contributed by atoms with Crippen LogP contribution in [0.25, 0.3) is 0 Å². The summed E-state index contributed by atoms with van der Waals surface area (Å²) in [7, 11) is -4.64. The van der Waals surface area contributed by atoms with Crippen molar-refractivity contribution in [2.24, 2.45) is 0 Å². The molecule has 0 saturated heterocycles. The summed E-state index contributed by atoms with van der Waals surface area (Å²) >= 11 is 0. The SMILES string of the molecule is O=P(O)(O)O.[2H]. The van der Waals surface area contributed by atoms with Crippen LogP contribution in [0.2, 0.25) is 0 Å². The zero-order valence-corrected chi connectivity index (χ0v) is 3.09. The van der Waals surface area contributed by atoms with E-state index in [0.717, 1.165) is 0 Å². The van der Waals surface area contributed by atoms with Crippen LogP contribution in [0.1, 0.15) is 1.43 Å². The van der Waals surface area contributed by atoms with E-state index in [1.54, 1.807) is 0 Å². The van der Waals surface area contributed by atoms with Crippen LogP contribution in [0.15, 0.2) is 0 Å². The minimum Gasteiger partial charge on any atom is -0.303 e. The molecule has 5 heteroatoms. The van der Waals surface area contributed by atoms with E-state index < -0.39 is 7.82 Å². The summed E-state index contributed by atoms with van der Waals surface area (Å²) in [5.74, 6) is 0. The molecular formula is H4O4P. The van der Waals surface area contributed by atoms with Crippen LogP contribution in [0.4, 0.5) is 0 Å². The molecule has 0 heterocycles. The highest BCUT2D eigenvalue weighted by atomic mass is 31.2. The van der Waals surface area contributed by atoms with Crippen molar-refractivity contribution in [2.75, 3.05) is 0 Å². The highest BCUT2D eigenvalue weighted by Crippen LogP contribution is 2.25. The molecule has 0 aliphatic heterocycles. The summed E-state index contributed by atoms with van der Waals surface area (Å²) in [6.45, 7) is 0. The van der Waals surface area contributed by atoms with Crippen molar-refractivity contribution in [1.82, 2.24) is 0 Å². The third-order valence-electron chi connectivity index (χ3n) is 0. The lowest BCUT2D eigenvalue weighted by atomic mass is 15.8. The predicted molar refractivity (Wildman–Crippen MR) is 15.4 cm³/mol. The highest BCUT2D eigenvalue weighted by Gasteiger charge is 2.00. The zero-order chi connectivity index (χ0) is 4.50. The Morgan fingerprint density at radius 3 is 1.40 bits per heavy atom. The average molecular weight is 100 g/mol. The van der Waals surface area contributed by atoms with E-state index in [-0.39, 0.29) is 1.43 Å². The van der Waals surface area contributed by atoms with Crippen LogP contribution < -0.4 is 0 Å². The molecule has 33 valence electrons. The number of phosphoric acid groups is 1. The summed E-state index contributed by atoms with van der Waals surface area (Å²) in [5, 5.41) is 0. The molecule has 0 aromatic carbocycles. The normalized spacial score (nSPS) is 11.8. The molecule has 0 rings (SSSR count). The van der Waals surface area contributed by atoms with E-state index in [4.69, 9.17) is 19.2 Å². The van der Waals surface area contributed by atoms with Gasteiger partial charge in [-0.3, -0.25) is 0 Å². The van der Waals surface area contributed by atoms with Crippen molar-refractivity contribution in [3.63, 3.8) is 0 Å². The fraction of sp³-hybridized carbons (Fsp3) is 0. The maximum Gasteiger partial charge on any atom is 0.466 e. The monoisotopic (exact) mass is 100.0 g/mol. The number of hydrogen-bond donors (Lipinski definition) is 3. The molecule has 0 spiro atoms. The van der Waals surface area contributed by atoms with Crippen LogP contribution in [-0.4, -0.2) is 14.7 Å². The Balaban J connectivity index is 0. The van der Waals surface area contributed by atoms with Crippen molar-refractivity contribution in [2.45, 2.75) is 0 Å². The fourth-order valence-electron chi connectivity index (χ4n) is 0. The summed E-state index contributed by atoms with van der Waals surface area (Å²) in [4.78, 5) is 21.6. The van der Waals surface area contributed by atoms with Gasteiger partial charge in [0.05, 0.1) is 0 Å². The quantitative estimate of drug-likeness (QED) is 0.347. The van der Waals surface area contributed by atoms with Gasteiger partial charge in [-0.15, -0.1) is 0 Å². The summed E-state index contributed by atoms with van der Waals surface area (Å²) in [5.41, 5.74) is 0. The molecule has 3 N–H and O–H groups in total. The molecule has 0 amide bonds. The van der Waals surface area contributed by atoms with Gasteiger partial charge >= 0.3 is 7.82 Å². The summed E-state index contributed by atoms with van der Waals surface area (Å²) < 4.78 is 8.88. The van der Waals surface area contributed by atoms with Crippen LogP contribution in [-0.2, 0) is 4.57 Å². The van der Waals surface area contributed by atoms with Crippen molar-refractivity contribution in [3.05, 3.63) is 0 Å².